The molecule has 20 heavy (non-hydrogen) atoms. The van der Waals surface area contributed by atoms with Gasteiger partial charge in [0, 0.05) is 24.4 Å². The number of benzene rings is 1. The molecule has 0 saturated heterocycles. The minimum Gasteiger partial charge on any atom is -0.493 e. The molecule has 1 aliphatic rings. The number of hydrogen-bond acceptors (Lipinski definition) is 4. The summed E-state index contributed by atoms with van der Waals surface area (Å²) in [6.45, 7) is 2.76. The van der Waals surface area contributed by atoms with Crippen LogP contribution in [0.15, 0.2) is 30.3 Å². The van der Waals surface area contributed by atoms with Gasteiger partial charge >= 0.3 is 0 Å². The Hall–Kier alpha value is -2.10. The van der Waals surface area contributed by atoms with E-state index in [9.17, 15) is 0 Å². The van der Waals surface area contributed by atoms with Crippen LogP contribution < -0.4 is 10.1 Å². The second-order valence-corrected chi connectivity index (χ2v) is 5.27. The summed E-state index contributed by atoms with van der Waals surface area (Å²) in [7, 11) is 1.85. The van der Waals surface area contributed by atoms with Crippen molar-refractivity contribution in [2.24, 2.45) is 5.92 Å². The van der Waals surface area contributed by atoms with Gasteiger partial charge in [-0.3, -0.25) is 0 Å². The van der Waals surface area contributed by atoms with Gasteiger partial charge in [-0.2, -0.15) is 0 Å². The fourth-order valence-electron chi connectivity index (χ4n) is 2.67. The van der Waals surface area contributed by atoms with E-state index in [1.54, 1.807) is 0 Å². The van der Waals surface area contributed by atoms with E-state index in [1.165, 1.54) is 5.56 Å². The standard InChI is InChI=1S/C16H19N3O/c1-11-7-14(19-16(17-2)18-11)9-12-8-13-5-3-4-6-15(13)20-10-12/h3-7,12H,8-10H2,1-2H3,(H,17,18,19)/t12-/m1/s1. The Balaban J connectivity index is 1.75. The number of nitrogens with one attached hydrogen (secondary N) is 1. The molecule has 1 aliphatic heterocycles. The predicted molar refractivity (Wildman–Crippen MR) is 79.2 cm³/mol. The lowest BCUT2D eigenvalue weighted by atomic mass is 9.92. The van der Waals surface area contributed by atoms with Crippen molar-refractivity contribution in [1.29, 1.82) is 0 Å². The average Bonchev–Trinajstić information content (AvgIpc) is 2.46. The van der Waals surface area contributed by atoms with Crippen molar-refractivity contribution in [3.8, 4) is 5.75 Å². The third-order valence-corrected chi connectivity index (χ3v) is 3.58. The van der Waals surface area contributed by atoms with Crippen LogP contribution in [-0.4, -0.2) is 23.6 Å². The molecule has 0 fully saturated rings. The molecule has 4 nitrogen and oxygen atoms in total. The van der Waals surface area contributed by atoms with Crippen LogP contribution >= 0.6 is 0 Å². The molecule has 0 saturated carbocycles. The summed E-state index contributed by atoms with van der Waals surface area (Å²) in [5, 5.41) is 3.01. The average molecular weight is 269 g/mol. The van der Waals surface area contributed by atoms with Gasteiger partial charge in [0.05, 0.1) is 6.61 Å². The number of fused-ring (bicyclic) bond motifs is 1. The molecule has 0 amide bonds. The number of ether oxygens (including phenoxy) is 1. The van der Waals surface area contributed by atoms with Gasteiger partial charge in [0.1, 0.15) is 5.75 Å². The Morgan fingerprint density at radius 1 is 1.30 bits per heavy atom. The van der Waals surface area contributed by atoms with Gasteiger partial charge in [-0.05, 0) is 37.5 Å². The second kappa shape index (κ2) is 5.49. The lowest BCUT2D eigenvalue weighted by molar-refractivity contribution is 0.220. The van der Waals surface area contributed by atoms with Crippen LogP contribution in [0, 0.1) is 12.8 Å². The van der Waals surface area contributed by atoms with E-state index in [0.717, 1.165) is 36.6 Å². The maximum absolute atomic E-state index is 5.84. The zero-order chi connectivity index (χ0) is 13.9. The first-order chi connectivity index (χ1) is 9.74. The molecule has 4 heteroatoms. The van der Waals surface area contributed by atoms with Gasteiger partial charge in [-0.15, -0.1) is 0 Å². The lowest BCUT2D eigenvalue weighted by Crippen LogP contribution is -2.23. The first-order valence-corrected chi connectivity index (χ1v) is 6.97. The van der Waals surface area contributed by atoms with Crippen molar-refractivity contribution in [3.05, 3.63) is 47.3 Å². The third-order valence-electron chi connectivity index (χ3n) is 3.58. The highest BCUT2D eigenvalue weighted by atomic mass is 16.5. The molecule has 1 aromatic carbocycles. The fraction of sp³-hybridized carbons (Fsp3) is 0.375. The second-order valence-electron chi connectivity index (χ2n) is 5.27. The van der Waals surface area contributed by atoms with Gasteiger partial charge < -0.3 is 10.1 Å². The first-order valence-electron chi connectivity index (χ1n) is 6.97. The first kappa shape index (κ1) is 12.9. The van der Waals surface area contributed by atoms with Crippen LogP contribution in [0.4, 0.5) is 5.95 Å². The van der Waals surface area contributed by atoms with Crippen molar-refractivity contribution in [2.45, 2.75) is 19.8 Å². The van der Waals surface area contributed by atoms with Crippen LogP contribution in [0.2, 0.25) is 0 Å². The van der Waals surface area contributed by atoms with Crippen LogP contribution in [0.1, 0.15) is 17.0 Å². The summed E-state index contributed by atoms with van der Waals surface area (Å²) < 4.78 is 5.84. The Bertz CT molecular complexity index is 612. The zero-order valence-corrected chi connectivity index (χ0v) is 11.9. The number of hydrogen-bond donors (Lipinski definition) is 1. The SMILES string of the molecule is CNc1nc(C)cc(C[C@@H]2COc3ccccc3C2)n1. The predicted octanol–water partition coefficient (Wildman–Crippen LogP) is 2.62. The number of nitrogens with zero attached hydrogens (tertiary/aromatic N) is 2. The van der Waals surface area contributed by atoms with Crippen LogP contribution in [0.3, 0.4) is 0 Å². The van der Waals surface area contributed by atoms with Crippen molar-refractivity contribution >= 4 is 5.95 Å². The van der Waals surface area contributed by atoms with Gasteiger partial charge in [0.25, 0.3) is 0 Å². The van der Waals surface area contributed by atoms with E-state index in [0.29, 0.717) is 11.9 Å². The number of aromatic nitrogens is 2. The fourth-order valence-corrected chi connectivity index (χ4v) is 2.67. The van der Waals surface area contributed by atoms with E-state index >= 15 is 0 Å². The number of aryl methyl sites for hydroxylation is 1. The highest BCUT2D eigenvalue weighted by Crippen LogP contribution is 2.28. The highest BCUT2D eigenvalue weighted by Gasteiger charge is 2.20. The number of rotatable bonds is 3. The number of anilines is 1. The Labute approximate surface area is 119 Å². The van der Waals surface area contributed by atoms with Crippen LogP contribution in [0.5, 0.6) is 5.75 Å². The quantitative estimate of drug-likeness (QED) is 0.930. The van der Waals surface area contributed by atoms with E-state index in [-0.39, 0.29) is 0 Å². The molecule has 0 radical (unpaired) electrons. The van der Waals surface area contributed by atoms with Gasteiger partial charge in [-0.25, -0.2) is 9.97 Å². The zero-order valence-electron chi connectivity index (χ0n) is 11.9. The van der Waals surface area contributed by atoms with Crippen molar-refractivity contribution in [1.82, 2.24) is 9.97 Å². The molecule has 1 atom stereocenters. The van der Waals surface area contributed by atoms with Crippen LogP contribution in [0.25, 0.3) is 0 Å². The smallest absolute Gasteiger partial charge is 0.222 e. The van der Waals surface area contributed by atoms with E-state index < -0.39 is 0 Å². The summed E-state index contributed by atoms with van der Waals surface area (Å²) >= 11 is 0. The van der Waals surface area contributed by atoms with Gasteiger partial charge in [0.2, 0.25) is 5.95 Å². The largest absolute Gasteiger partial charge is 0.493 e. The third kappa shape index (κ3) is 2.74. The van der Waals surface area contributed by atoms with Crippen molar-refractivity contribution in [3.63, 3.8) is 0 Å². The molecule has 1 aromatic heterocycles. The van der Waals surface area contributed by atoms with E-state index in [1.807, 2.05) is 26.1 Å². The molecule has 1 N–H and O–H groups in total. The summed E-state index contributed by atoms with van der Waals surface area (Å²) in [6.07, 6.45) is 1.97. The summed E-state index contributed by atoms with van der Waals surface area (Å²) in [5.41, 5.74) is 3.37. The lowest BCUT2D eigenvalue weighted by Gasteiger charge is -2.25. The molecule has 2 heterocycles. The summed E-state index contributed by atoms with van der Waals surface area (Å²) in [4.78, 5) is 8.85. The van der Waals surface area contributed by atoms with E-state index in [4.69, 9.17) is 4.74 Å². The summed E-state index contributed by atoms with van der Waals surface area (Å²) in [6, 6.07) is 10.3. The van der Waals surface area contributed by atoms with Gasteiger partial charge in [-0.1, -0.05) is 18.2 Å². The maximum Gasteiger partial charge on any atom is 0.222 e. The molecule has 104 valence electrons. The maximum atomic E-state index is 5.84. The minimum atomic E-state index is 0.476. The highest BCUT2D eigenvalue weighted by molar-refractivity contribution is 5.35. The van der Waals surface area contributed by atoms with Gasteiger partial charge in [0.15, 0.2) is 0 Å². The molecule has 3 rings (SSSR count). The molecule has 0 aliphatic carbocycles. The summed E-state index contributed by atoms with van der Waals surface area (Å²) in [5.74, 6) is 2.19. The van der Waals surface area contributed by atoms with Crippen molar-refractivity contribution in [2.75, 3.05) is 19.0 Å². The molecule has 0 spiro atoms. The Morgan fingerprint density at radius 2 is 2.15 bits per heavy atom. The Morgan fingerprint density at radius 3 is 3.00 bits per heavy atom. The Kier molecular flexibility index (Phi) is 3.54. The monoisotopic (exact) mass is 269 g/mol. The molecule has 2 aromatic rings. The molecular formula is C16H19N3O. The minimum absolute atomic E-state index is 0.476. The van der Waals surface area contributed by atoms with E-state index in [2.05, 4.69) is 33.5 Å². The van der Waals surface area contributed by atoms with Crippen molar-refractivity contribution < 1.29 is 4.74 Å². The normalized spacial score (nSPS) is 17.2. The molecule has 0 bridgehead atoms. The molecule has 0 unspecified atom stereocenters. The topological polar surface area (TPSA) is 47.0 Å². The molecular weight excluding hydrogens is 250 g/mol. The number of para-hydroxylation sites is 1. The van der Waals surface area contributed by atoms with Crippen LogP contribution in [-0.2, 0) is 12.8 Å².